The van der Waals surface area contributed by atoms with Crippen LogP contribution in [-0.2, 0) is 9.53 Å². The smallest absolute Gasteiger partial charge is 0.344 e. The molecule has 0 radical (unpaired) electrons. The Kier molecular flexibility index (Phi) is 3.28. The highest BCUT2D eigenvalue weighted by molar-refractivity contribution is 5.96. The molecule has 5 nitrogen and oxygen atoms in total. The number of carbonyl (C=O) groups is 2. The first-order chi connectivity index (χ1) is 7.02. The third-order valence-corrected chi connectivity index (χ3v) is 1.81. The minimum Gasteiger partial charge on any atom is -0.479 e. The van der Waals surface area contributed by atoms with Crippen molar-refractivity contribution in [3.05, 3.63) is 29.8 Å². The summed E-state index contributed by atoms with van der Waals surface area (Å²) in [5.41, 5.74) is 5.96. The molecule has 0 aliphatic heterocycles. The highest BCUT2D eigenvalue weighted by Crippen LogP contribution is 2.12. The molecule has 0 heterocycles. The third-order valence-electron chi connectivity index (χ3n) is 1.81. The summed E-state index contributed by atoms with van der Waals surface area (Å²) >= 11 is 0. The van der Waals surface area contributed by atoms with E-state index in [-0.39, 0.29) is 11.3 Å². The van der Waals surface area contributed by atoms with Gasteiger partial charge in [-0.2, -0.15) is 0 Å². The molecule has 3 N–H and O–H groups in total. The van der Waals surface area contributed by atoms with Gasteiger partial charge in [0, 0.05) is 5.69 Å². The number of hydrogen-bond donors (Lipinski definition) is 2. The van der Waals surface area contributed by atoms with Gasteiger partial charge < -0.3 is 15.6 Å². The van der Waals surface area contributed by atoms with Crippen LogP contribution in [0.15, 0.2) is 24.3 Å². The van der Waals surface area contributed by atoms with Gasteiger partial charge in [0.2, 0.25) is 0 Å². The van der Waals surface area contributed by atoms with Gasteiger partial charge in [-0.05, 0) is 19.1 Å². The number of esters is 1. The maximum absolute atomic E-state index is 11.4. The van der Waals surface area contributed by atoms with Gasteiger partial charge in [0.15, 0.2) is 6.10 Å². The number of rotatable bonds is 3. The van der Waals surface area contributed by atoms with Crippen LogP contribution in [-0.4, -0.2) is 23.1 Å². The van der Waals surface area contributed by atoms with Crippen LogP contribution >= 0.6 is 0 Å². The molecule has 0 bridgehead atoms. The highest BCUT2D eigenvalue weighted by Gasteiger charge is 2.18. The largest absolute Gasteiger partial charge is 0.479 e. The summed E-state index contributed by atoms with van der Waals surface area (Å²) in [6.07, 6.45) is -1.18. The Labute approximate surface area is 86.5 Å². The van der Waals surface area contributed by atoms with Gasteiger partial charge in [0.05, 0.1) is 5.56 Å². The fourth-order valence-electron chi connectivity index (χ4n) is 0.957. The maximum atomic E-state index is 11.4. The Bertz CT molecular complexity index is 389. The van der Waals surface area contributed by atoms with Gasteiger partial charge >= 0.3 is 11.9 Å². The van der Waals surface area contributed by atoms with E-state index >= 15 is 0 Å². The first kappa shape index (κ1) is 11.0. The number of ether oxygens (including phenoxy) is 1. The van der Waals surface area contributed by atoms with Gasteiger partial charge in [0.1, 0.15) is 0 Å². The lowest BCUT2D eigenvalue weighted by atomic mass is 10.2. The van der Waals surface area contributed by atoms with Crippen molar-refractivity contribution in [1.29, 1.82) is 0 Å². The molecule has 0 aromatic heterocycles. The first-order valence-corrected chi connectivity index (χ1v) is 4.30. The number of carboxylic acid groups (broad SMARTS) is 1. The van der Waals surface area contributed by atoms with Crippen LogP contribution in [0, 0.1) is 0 Å². The topological polar surface area (TPSA) is 89.6 Å². The molecule has 1 atom stereocenters. The number of nitrogens with two attached hydrogens (primary N) is 1. The summed E-state index contributed by atoms with van der Waals surface area (Å²) in [7, 11) is 0. The summed E-state index contributed by atoms with van der Waals surface area (Å²) in [4.78, 5) is 21.9. The summed E-state index contributed by atoms with van der Waals surface area (Å²) in [5.74, 6) is -1.93. The molecule has 0 saturated carbocycles. The molecule has 1 unspecified atom stereocenters. The number of aliphatic carboxylic acids is 1. The molecular weight excluding hydrogens is 198 g/mol. The van der Waals surface area contributed by atoms with Crippen molar-refractivity contribution in [2.45, 2.75) is 13.0 Å². The molecule has 1 aromatic rings. The molecule has 0 spiro atoms. The number of hydrogen-bond acceptors (Lipinski definition) is 4. The summed E-state index contributed by atoms with van der Waals surface area (Å²) < 4.78 is 4.66. The molecule has 1 rings (SSSR count). The molecule has 0 aliphatic rings. The van der Waals surface area contributed by atoms with Crippen LogP contribution in [0.25, 0.3) is 0 Å². The second kappa shape index (κ2) is 4.45. The Hall–Kier alpha value is -2.04. The number of carboxylic acids is 1. The van der Waals surface area contributed by atoms with Crippen LogP contribution in [0.3, 0.4) is 0 Å². The van der Waals surface area contributed by atoms with Crippen molar-refractivity contribution in [3.8, 4) is 0 Å². The predicted octanol–water partition coefficient (Wildman–Crippen LogP) is 0.899. The van der Waals surface area contributed by atoms with E-state index < -0.39 is 18.0 Å². The van der Waals surface area contributed by atoms with E-state index in [1.165, 1.54) is 13.0 Å². The molecule has 0 saturated heterocycles. The number of benzene rings is 1. The molecular formula is C10H11NO4. The summed E-state index contributed by atoms with van der Waals surface area (Å²) in [6, 6.07) is 6.32. The molecule has 0 amide bonds. The van der Waals surface area contributed by atoms with Crippen molar-refractivity contribution in [1.82, 2.24) is 0 Å². The lowest BCUT2D eigenvalue weighted by Crippen LogP contribution is -2.24. The molecule has 0 aliphatic carbocycles. The minimum atomic E-state index is -1.20. The Morgan fingerprint density at radius 2 is 2.00 bits per heavy atom. The first-order valence-electron chi connectivity index (χ1n) is 4.30. The van der Waals surface area contributed by atoms with E-state index in [4.69, 9.17) is 10.8 Å². The van der Waals surface area contributed by atoms with Gasteiger partial charge in [-0.15, -0.1) is 0 Å². The van der Waals surface area contributed by atoms with Crippen LogP contribution in [0.5, 0.6) is 0 Å². The van der Waals surface area contributed by atoms with Gasteiger partial charge in [0.25, 0.3) is 0 Å². The normalized spacial score (nSPS) is 11.8. The second-order valence-corrected chi connectivity index (χ2v) is 2.97. The number of para-hydroxylation sites is 1. The van der Waals surface area contributed by atoms with E-state index in [2.05, 4.69) is 4.74 Å². The number of nitrogen functional groups attached to an aromatic ring is 1. The standard InChI is InChI=1S/C10H11NO4/c1-6(9(12)13)15-10(14)7-4-2-3-5-8(7)11/h2-6H,11H2,1H3,(H,12,13). The van der Waals surface area contributed by atoms with Gasteiger partial charge in [-0.25, -0.2) is 9.59 Å². The average Bonchev–Trinajstić information content (AvgIpc) is 2.18. The quantitative estimate of drug-likeness (QED) is 0.570. The molecule has 15 heavy (non-hydrogen) atoms. The van der Waals surface area contributed by atoms with Crippen molar-refractivity contribution in [3.63, 3.8) is 0 Å². The van der Waals surface area contributed by atoms with Crippen LogP contribution in [0.1, 0.15) is 17.3 Å². The van der Waals surface area contributed by atoms with Crippen molar-refractivity contribution in [2.24, 2.45) is 0 Å². The van der Waals surface area contributed by atoms with Gasteiger partial charge in [-0.1, -0.05) is 12.1 Å². The summed E-state index contributed by atoms with van der Waals surface area (Å²) in [6.45, 7) is 1.28. The van der Waals surface area contributed by atoms with Crippen LogP contribution in [0.2, 0.25) is 0 Å². The fraction of sp³-hybridized carbons (Fsp3) is 0.200. The predicted molar refractivity (Wildman–Crippen MR) is 53.4 cm³/mol. The zero-order valence-corrected chi connectivity index (χ0v) is 8.14. The van der Waals surface area contributed by atoms with Crippen LogP contribution in [0.4, 0.5) is 5.69 Å². The lowest BCUT2D eigenvalue weighted by molar-refractivity contribution is -0.146. The van der Waals surface area contributed by atoms with Crippen molar-refractivity contribution in [2.75, 3.05) is 5.73 Å². The van der Waals surface area contributed by atoms with Gasteiger partial charge in [-0.3, -0.25) is 0 Å². The van der Waals surface area contributed by atoms with E-state index in [1.807, 2.05) is 0 Å². The molecule has 5 heteroatoms. The van der Waals surface area contributed by atoms with E-state index in [9.17, 15) is 9.59 Å². The molecule has 1 aromatic carbocycles. The maximum Gasteiger partial charge on any atom is 0.344 e. The van der Waals surface area contributed by atoms with Crippen LogP contribution < -0.4 is 5.73 Å². The monoisotopic (exact) mass is 209 g/mol. The van der Waals surface area contributed by atoms with E-state index in [0.29, 0.717) is 0 Å². The Morgan fingerprint density at radius 1 is 1.40 bits per heavy atom. The minimum absolute atomic E-state index is 0.172. The van der Waals surface area contributed by atoms with Crippen molar-refractivity contribution < 1.29 is 19.4 Å². The zero-order chi connectivity index (χ0) is 11.4. The second-order valence-electron chi connectivity index (χ2n) is 2.97. The molecule has 0 fully saturated rings. The molecule has 80 valence electrons. The SMILES string of the molecule is CC(OC(=O)c1ccccc1N)C(=O)O. The number of anilines is 1. The lowest BCUT2D eigenvalue weighted by Gasteiger charge is -2.09. The number of carbonyl (C=O) groups excluding carboxylic acids is 1. The zero-order valence-electron chi connectivity index (χ0n) is 8.14. The van der Waals surface area contributed by atoms with E-state index in [1.54, 1.807) is 18.2 Å². The fourth-order valence-corrected chi connectivity index (χ4v) is 0.957. The van der Waals surface area contributed by atoms with E-state index in [0.717, 1.165) is 0 Å². The highest BCUT2D eigenvalue weighted by atomic mass is 16.6. The Morgan fingerprint density at radius 3 is 2.53 bits per heavy atom. The Balaban J connectivity index is 2.78. The average molecular weight is 209 g/mol. The van der Waals surface area contributed by atoms with Crippen molar-refractivity contribution >= 4 is 17.6 Å². The summed E-state index contributed by atoms with van der Waals surface area (Å²) in [5, 5.41) is 8.54. The third kappa shape index (κ3) is 2.70.